The molecular formula is C15H17N3O2. The molecule has 1 heterocycles. The summed E-state index contributed by atoms with van der Waals surface area (Å²) in [6.45, 7) is 1.87. The van der Waals surface area contributed by atoms with Gasteiger partial charge in [0.1, 0.15) is 11.6 Å². The van der Waals surface area contributed by atoms with Gasteiger partial charge in [-0.3, -0.25) is 4.79 Å². The topological polar surface area (TPSA) is 77.2 Å². The van der Waals surface area contributed by atoms with Crippen LogP contribution in [0.1, 0.15) is 11.1 Å². The van der Waals surface area contributed by atoms with Crippen LogP contribution in [0.3, 0.4) is 0 Å². The number of nitrogens with one attached hydrogen (secondary N) is 1. The van der Waals surface area contributed by atoms with E-state index in [9.17, 15) is 4.79 Å². The zero-order valence-electron chi connectivity index (χ0n) is 11.5. The minimum atomic E-state index is -0.119. The standard InChI is InChI=1S/C15H17N3O2/c1-10-7-14(17-9-13(10)16)18-15(19)8-11-3-5-12(20-2)6-4-11/h3-7,9H,8,16H2,1-2H3,(H,17,18,19). The van der Waals surface area contributed by atoms with Crippen LogP contribution >= 0.6 is 0 Å². The molecule has 20 heavy (non-hydrogen) atoms. The van der Waals surface area contributed by atoms with Crippen LogP contribution in [-0.2, 0) is 11.2 Å². The first kappa shape index (κ1) is 13.9. The number of nitrogen functional groups attached to an aromatic ring is 1. The maximum Gasteiger partial charge on any atom is 0.229 e. The highest BCUT2D eigenvalue weighted by molar-refractivity contribution is 5.91. The highest BCUT2D eigenvalue weighted by Crippen LogP contribution is 2.14. The molecule has 0 saturated heterocycles. The van der Waals surface area contributed by atoms with E-state index in [1.165, 1.54) is 0 Å². The fraction of sp³-hybridized carbons (Fsp3) is 0.200. The summed E-state index contributed by atoms with van der Waals surface area (Å²) in [5.41, 5.74) is 8.09. The molecule has 0 spiro atoms. The number of methoxy groups -OCH3 is 1. The normalized spacial score (nSPS) is 10.1. The van der Waals surface area contributed by atoms with Crippen molar-refractivity contribution in [2.24, 2.45) is 0 Å². The van der Waals surface area contributed by atoms with Gasteiger partial charge in [0.2, 0.25) is 5.91 Å². The van der Waals surface area contributed by atoms with Crippen molar-refractivity contribution in [3.05, 3.63) is 47.7 Å². The summed E-state index contributed by atoms with van der Waals surface area (Å²) < 4.78 is 5.07. The average molecular weight is 271 g/mol. The van der Waals surface area contributed by atoms with Crippen molar-refractivity contribution in [1.82, 2.24) is 4.98 Å². The highest BCUT2D eigenvalue weighted by atomic mass is 16.5. The molecule has 2 rings (SSSR count). The number of ether oxygens (including phenoxy) is 1. The van der Waals surface area contributed by atoms with Crippen molar-refractivity contribution in [1.29, 1.82) is 0 Å². The lowest BCUT2D eigenvalue weighted by atomic mass is 10.1. The Hall–Kier alpha value is -2.56. The molecule has 2 aromatic rings. The maximum absolute atomic E-state index is 11.9. The van der Waals surface area contributed by atoms with Crippen molar-refractivity contribution in [2.45, 2.75) is 13.3 Å². The van der Waals surface area contributed by atoms with E-state index in [1.54, 1.807) is 19.4 Å². The van der Waals surface area contributed by atoms with Gasteiger partial charge in [0.15, 0.2) is 0 Å². The molecule has 0 aliphatic rings. The van der Waals surface area contributed by atoms with E-state index in [4.69, 9.17) is 10.5 Å². The molecule has 1 amide bonds. The number of pyridine rings is 1. The molecule has 0 radical (unpaired) electrons. The first-order valence-corrected chi connectivity index (χ1v) is 6.23. The van der Waals surface area contributed by atoms with E-state index < -0.39 is 0 Å². The van der Waals surface area contributed by atoms with Crippen LogP contribution in [0.2, 0.25) is 0 Å². The lowest BCUT2D eigenvalue weighted by molar-refractivity contribution is -0.115. The van der Waals surface area contributed by atoms with Crippen molar-refractivity contribution >= 4 is 17.4 Å². The van der Waals surface area contributed by atoms with Gasteiger partial charge >= 0.3 is 0 Å². The van der Waals surface area contributed by atoms with Gasteiger partial charge in [-0.2, -0.15) is 0 Å². The number of hydrogen-bond acceptors (Lipinski definition) is 4. The van der Waals surface area contributed by atoms with Crippen LogP contribution in [0.25, 0.3) is 0 Å². The number of carbonyl (C=O) groups excluding carboxylic acids is 1. The second-order valence-corrected chi connectivity index (χ2v) is 4.50. The van der Waals surface area contributed by atoms with Gasteiger partial charge in [0.05, 0.1) is 25.4 Å². The van der Waals surface area contributed by atoms with Crippen LogP contribution < -0.4 is 15.8 Å². The molecule has 0 aliphatic carbocycles. The maximum atomic E-state index is 11.9. The summed E-state index contributed by atoms with van der Waals surface area (Å²) in [5, 5.41) is 2.75. The van der Waals surface area contributed by atoms with Crippen LogP contribution in [-0.4, -0.2) is 18.0 Å². The largest absolute Gasteiger partial charge is 0.497 e. The molecule has 0 atom stereocenters. The molecule has 104 valence electrons. The van der Waals surface area contributed by atoms with Gasteiger partial charge in [-0.05, 0) is 36.2 Å². The number of aromatic nitrogens is 1. The van der Waals surface area contributed by atoms with Crippen molar-refractivity contribution in [2.75, 3.05) is 18.2 Å². The molecule has 0 saturated carbocycles. The Morgan fingerprint density at radius 1 is 1.35 bits per heavy atom. The van der Waals surface area contributed by atoms with Crippen LogP contribution in [0.15, 0.2) is 36.5 Å². The van der Waals surface area contributed by atoms with Gasteiger partial charge in [-0.25, -0.2) is 4.98 Å². The molecule has 3 N–H and O–H groups in total. The second-order valence-electron chi connectivity index (χ2n) is 4.50. The smallest absolute Gasteiger partial charge is 0.229 e. The highest BCUT2D eigenvalue weighted by Gasteiger charge is 2.06. The molecule has 5 nitrogen and oxygen atoms in total. The Kier molecular flexibility index (Phi) is 4.20. The lowest BCUT2D eigenvalue weighted by Gasteiger charge is -2.07. The van der Waals surface area contributed by atoms with Crippen LogP contribution in [0.5, 0.6) is 5.75 Å². The van der Waals surface area contributed by atoms with Gasteiger partial charge in [-0.15, -0.1) is 0 Å². The zero-order chi connectivity index (χ0) is 14.5. The molecule has 1 aromatic carbocycles. The van der Waals surface area contributed by atoms with E-state index in [1.807, 2.05) is 31.2 Å². The van der Waals surface area contributed by atoms with E-state index in [0.29, 0.717) is 11.5 Å². The third-order valence-corrected chi connectivity index (χ3v) is 2.94. The summed E-state index contributed by atoms with van der Waals surface area (Å²) in [6.07, 6.45) is 1.83. The summed E-state index contributed by atoms with van der Waals surface area (Å²) in [5.74, 6) is 1.16. The Morgan fingerprint density at radius 2 is 2.05 bits per heavy atom. The summed E-state index contributed by atoms with van der Waals surface area (Å²) >= 11 is 0. The lowest BCUT2D eigenvalue weighted by Crippen LogP contribution is -2.15. The number of nitrogens with zero attached hydrogens (tertiary/aromatic N) is 1. The molecule has 0 unspecified atom stereocenters. The number of rotatable bonds is 4. The monoisotopic (exact) mass is 271 g/mol. The molecule has 0 aliphatic heterocycles. The molecule has 0 bridgehead atoms. The SMILES string of the molecule is COc1ccc(CC(=O)Nc2cc(C)c(N)cn2)cc1. The minimum absolute atomic E-state index is 0.119. The third-order valence-electron chi connectivity index (χ3n) is 2.94. The minimum Gasteiger partial charge on any atom is -0.497 e. The van der Waals surface area contributed by atoms with Gasteiger partial charge in [0.25, 0.3) is 0 Å². The Labute approximate surface area is 117 Å². The summed E-state index contributed by atoms with van der Waals surface area (Å²) in [4.78, 5) is 16.0. The number of anilines is 2. The first-order valence-electron chi connectivity index (χ1n) is 6.23. The van der Waals surface area contributed by atoms with Gasteiger partial charge in [-0.1, -0.05) is 12.1 Å². The zero-order valence-corrected chi connectivity index (χ0v) is 11.5. The number of benzene rings is 1. The third kappa shape index (κ3) is 3.47. The fourth-order valence-electron chi connectivity index (χ4n) is 1.75. The van der Waals surface area contributed by atoms with E-state index in [0.717, 1.165) is 16.9 Å². The number of aryl methyl sites for hydroxylation is 1. The van der Waals surface area contributed by atoms with E-state index in [2.05, 4.69) is 10.3 Å². The van der Waals surface area contributed by atoms with Crippen molar-refractivity contribution < 1.29 is 9.53 Å². The van der Waals surface area contributed by atoms with E-state index in [-0.39, 0.29) is 12.3 Å². The average Bonchev–Trinajstić information content (AvgIpc) is 2.44. The Bertz CT molecular complexity index is 609. The fourth-order valence-corrected chi connectivity index (χ4v) is 1.75. The first-order chi connectivity index (χ1) is 9.58. The second kappa shape index (κ2) is 6.06. The molecule has 5 heteroatoms. The van der Waals surface area contributed by atoms with Gasteiger partial charge in [0, 0.05) is 0 Å². The molecule has 0 fully saturated rings. The number of nitrogens with two attached hydrogens (primary N) is 1. The number of carbonyl (C=O) groups is 1. The van der Waals surface area contributed by atoms with E-state index >= 15 is 0 Å². The van der Waals surface area contributed by atoms with Crippen molar-refractivity contribution in [3.8, 4) is 5.75 Å². The van der Waals surface area contributed by atoms with Crippen LogP contribution in [0.4, 0.5) is 11.5 Å². The number of hydrogen-bond donors (Lipinski definition) is 2. The number of amides is 1. The van der Waals surface area contributed by atoms with Crippen LogP contribution in [0, 0.1) is 6.92 Å². The molecular weight excluding hydrogens is 254 g/mol. The molecule has 1 aromatic heterocycles. The predicted molar refractivity (Wildman–Crippen MR) is 78.7 cm³/mol. The predicted octanol–water partition coefficient (Wildman–Crippen LogP) is 2.16. The summed E-state index contributed by atoms with van der Waals surface area (Å²) in [6, 6.07) is 9.13. The summed E-state index contributed by atoms with van der Waals surface area (Å²) in [7, 11) is 1.61. The Morgan fingerprint density at radius 3 is 2.65 bits per heavy atom. The van der Waals surface area contributed by atoms with Gasteiger partial charge < -0.3 is 15.8 Å². The van der Waals surface area contributed by atoms with Crippen molar-refractivity contribution in [3.63, 3.8) is 0 Å². The Balaban J connectivity index is 1.99. The quantitative estimate of drug-likeness (QED) is 0.893.